The van der Waals surface area contributed by atoms with Crippen LogP contribution in [0, 0.1) is 5.92 Å². The molecule has 1 aliphatic rings. The highest BCUT2D eigenvalue weighted by Crippen LogP contribution is 2.15. The molecule has 0 radical (unpaired) electrons. The Bertz CT molecular complexity index is 309. The van der Waals surface area contributed by atoms with Crippen molar-refractivity contribution in [2.75, 3.05) is 33.3 Å². The fraction of sp³-hybridized carbons (Fsp3) is 0.833. The molecular formula is C12H23N3O4. The number of rotatable bonds is 6. The maximum atomic E-state index is 12.0. The molecule has 0 aliphatic carbocycles. The molecule has 0 aromatic carbocycles. The number of likely N-dealkylation sites (tertiary alicyclic amines) is 1. The van der Waals surface area contributed by atoms with Crippen LogP contribution >= 0.6 is 0 Å². The van der Waals surface area contributed by atoms with Gasteiger partial charge in [0.15, 0.2) is 0 Å². The number of nitrogens with zero attached hydrogens (tertiary/aromatic N) is 1. The number of carboxylic acid groups (broad SMARTS) is 1. The summed E-state index contributed by atoms with van der Waals surface area (Å²) < 4.78 is 0. The maximum Gasteiger partial charge on any atom is 0.326 e. The molecular weight excluding hydrogens is 250 g/mol. The normalized spacial score (nSPS) is 20.9. The van der Waals surface area contributed by atoms with Gasteiger partial charge in [0, 0.05) is 26.1 Å². The van der Waals surface area contributed by atoms with Crippen LogP contribution in [0.1, 0.15) is 19.3 Å². The maximum absolute atomic E-state index is 12.0. The Labute approximate surface area is 113 Å². The van der Waals surface area contributed by atoms with Gasteiger partial charge in [-0.2, -0.15) is 0 Å². The first-order valence-corrected chi connectivity index (χ1v) is 6.62. The molecule has 0 spiro atoms. The minimum Gasteiger partial charge on any atom is -0.480 e. The van der Waals surface area contributed by atoms with Crippen molar-refractivity contribution in [3.63, 3.8) is 0 Å². The average molecular weight is 273 g/mol. The summed E-state index contributed by atoms with van der Waals surface area (Å²) in [5.41, 5.74) is 0. The van der Waals surface area contributed by atoms with Gasteiger partial charge in [0.25, 0.3) is 0 Å². The summed E-state index contributed by atoms with van der Waals surface area (Å²) in [5, 5.41) is 23.3. The van der Waals surface area contributed by atoms with Crippen LogP contribution in [0.15, 0.2) is 0 Å². The number of aliphatic carboxylic acids is 1. The third-order valence-electron chi connectivity index (χ3n) is 3.31. The predicted octanol–water partition coefficient (Wildman–Crippen LogP) is -0.537. The van der Waals surface area contributed by atoms with Gasteiger partial charge >= 0.3 is 12.0 Å². The van der Waals surface area contributed by atoms with E-state index in [4.69, 9.17) is 10.2 Å². The van der Waals surface area contributed by atoms with Gasteiger partial charge in [-0.1, -0.05) is 0 Å². The number of hydrogen-bond acceptors (Lipinski definition) is 4. The molecule has 0 saturated carbocycles. The van der Waals surface area contributed by atoms with Crippen molar-refractivity contribution in [1.29, 1.82) is 0 Å². The van der Waals surface area contributed by atoms with E-state index in [0.29, 0.717) is 19.0 Å². The zero-order valence-corrected chi connectivity index (χ0v) is 11.3. The van der Waals surface area contributed by atoms with Crippen LogP contribution < -0.4 is 10.6 Å². The molecule has 7 nitrogen and oxygen atoms in total. The van der Waals surface area contributed by atoms with Crippen LogP contribution in [0.25, 0.3) is 0 Å². The monoisotopic (exact) mass is 273 g/mol. The first-order valence-electron chi connectivity index (χ1n) is 6.62. The largest absolute Gasteiger partial charge is 0.480 e. The number of nitrogens with one attached hydrogen (secondary N) is 2. The van der Waals surface area contributed by atoms with Gasteiger partial charge in [0.1, 0.15) is 6.04 Å². The van der Waals surface area contributed by atoms with Gasteiger partial charge in [-0.25, -0.2) is 9.59 Å². The Hall–Kier alpha value is -1.34. The molecule has 1 saturated heterocycles. The van der Waals surface area contributed by atoms with E-state index in [2.05, 4.69) is 10.6 Å². The summed E-state index contributed by atoms with van der Waals surface area (Å²) in [6, 6.07) is -1.39. The Balaban J connectivity index is 2.49. The lowest BCUT2D eigenvalue weighted by molar-refractivity contribution is -0.139. The van der Waals surface area contributed by atoms with Crippen molar-refractivity contribution in [2.45, 2.75) is 25.3 Å². The number of aliphatic hydroxyl groups is 1. The Kier molecular flexibility index (Phi) is 6.58. The van der Waals surface area contributed by atoms with Gasteiger partial charge in [0.2, 0.25) is 0 Å². The van der Waals surface area contributed by atoms with Crippen LogP contribution in [-0.2, 0) is 4.79 Å². The Morgan fingerprint density at radius 3 is 2.79 bits per heavy atom. The van der Waals surface area contributed by atoms with Crippen LogP contribution in [0.4, 0.5) is 4.79 Å². The van der Waals surface area contributed by atoms with Crippen molar-refractivity contribution in [2.24, 2.45) is 5.92 Å². The summed E-state index contributed by atoms with van der Waals surface area (Å²) in [5.74, 6) is -0.711. The summed E-state index contributed by atoms with van der Waals surface area (Å²) in [6.45, 7) is 1.87. The van der Waals surface area contributed by atoms with Crippen molar-refractivity contribution in [3.8, 4) is 0 Å². The second-order valence-electron chi connectivity index (χ2n) is 4.86. The van der Waals surface area contributed by atoms with E-state index in [1.165, 1.54) is 0 Å². The van der Waals surface area contributed by atoms with Crippen LogP contribution in [-0.4, -0.2) is 66.4 Å². The molecule has 1 fully saturated rings. The number of carbonyl (C=O) groups is 2. The summed E-state index contributed by atoms with van der Waals surface area (Å²) in [6.07, 6.45) is 2.02. The highest BCUT2D eigenvalue weighted by Gasteiger charge is 2.26. The molecule has 7 heteroatoms. The highest BCUT2D eigenvalue weighted by atomic mass is 16.4. The van der Waals surface area contributed by atoms with E-state index in [0.717, 1.165) is 19.4 Å². The second-order valence-corrected chi connectivity index (χ2v) is 4.86. The molecule has 2 atom stereocenters. The van der Waals surface area contributed by atoms with Gasteiger partial charge in [-0.15, -0.1) is 0 Å². The third-order valence-corrected chi connectivity index (χ3v) is 3.31. The number of urea groups is 1. The number of amides is 2. The quantitative estimate of drug-likeness (QED) is 0.521. The van der Waals surface area contributed by atoms with Crippen molar-refractivity contribution < 1.29 is 19.8 Å². The molecule has 0 aromatic rings. The zero-order chi connectivity index (χ0) is 14.3. The molecule has 1 rings (SSSR count). The topological polar surface area (TPSA) is 102 Å². The van der Waals surface area contributed by atoms with E-state index in [1.54, 1.807) is 4.90 Å². The first kappa shape index (κ1) is 15.7. The van der Waals surface area contributed by atoms with Gasteiger partial charge in [-0.3, -0.25) is 0 Å². The molecule has 4 N–H and O–H groups in total. The fourth-order valence-electron chi connectivity index (χ4n) is 2.33. The average Bonchev–Trinajstić information content (AvgIpc) is 2.38. The van der Waals surface area contributed by atoms with E-state index in [9.17, 15) is 9.59 Å². The molecule has 2 amide bonds. The summed E-state index contributed by atoms with van der Waals surface area (Å²) in [4.78, 5) is 24.6. The molecule has 1 aliphatic heterocycles. The third kappa shape index (κ3) is 5.04. The smallest absolute Gasteiger partial charge is 0.326 e. The molecule has 1 unspecified atom stereocenters. The van der Waals surface area contributed by atoms with E-state index < -0.39 is 12.0 Å². The van der Waals surface area contributed by atoms with Crippen molar-refractivity contribution in [3.05, 3.63) is 0 Å². The predicted molar refractivity (Wildman–Crippen MR) is 69.9 cm³/mol. The van der Waals surface area contributed by atoms with Crippen LogP contribution in [0.5, 0.6) is 0 Å². The molecule has 110 valence electrons. The van der Waals surface area contributed by atoms with E-state index >= 15 is 0 Å². The minimum absolute atomic E-state index is 0.0227. The molecule has 1 heterocycles. The van der Waals surface area contributed by atoms with E-state index in [1.807, 2.05) is 7.05 Å². The lowest BCUT2D eigenvalue weighted by atomic mass is 9.98. The van der Waals surface area contributed by atoms with E-state index in [-0.39, 0.29) is 19.1 Å². The van der Waals surface area contributed by atoms with Gasteiger partial charge < -0.3 is 25.7 Å². The van der Waals surface area contributed by atoms with Gasteiger partial charge in [0.05, 0.1) is 0 Å². The molecule has 0 bridgehead atoms. The molecule has 19 heavy (non-hydrogen) atoms. The SMILES string of the molecule is CNCC1CCCN(C(=O)N[C@H](CCO)C(=O)O)C1. The second kappa shape index (κ2) is 7.96. The number of carboxylic acids is 1. The lowest BCUT2D eigenvalue weighted by Gasteiger charge is -2.33. The van der Waals surface area contributed by atoms with Crippen LogP contribution in [0.2, 0.25) is 0 Å². The lowest BCUT2D eigenvalue weighted by Crippen LogP contribution is -2.51. The van der Waals surface area contributed by atoms with Crippen molar-refractivity contribution in [1.82, 2.24) is 15.5 Å². The Morgan fingerprint density at radius 1 is 1.47 bits per heavy atom. The Morgan fingerprint density at radius 2 is 2.21 bits per heavy atom. The first-order chi connectivity index (χ1) is 9.08. The van der Waals surface area contributed by atoms with Crippen molar-refractivity contribution >= 4 is 12.0 Å². The summed E-state index contributed by atoms with van der Waals surface area (Å²) in [7, 11) is 1.88. The number of carbonyl (C=O) groups excluding carboxylic acids is 1. The number of hydrogen-bond donors (Lipinski definition) is 4. The standard InChI is InChI=1S/C12H23N3O4/c1-13-7-9-3-2-5-15(8-9)12(19)14-10(4-6-16)11(17)18/h9-10,13,16H,2-8H2,1H3,(H,14,19)(H,17,18)/t9?,10-/m1/s1. The zero-order valence-electron chi connectivity index (χ0n) is 11.3. The highest BCUT2D eigenvalue weighted by molar-refractivity contribution is 5.82. The fourth-order valence-corrected chi connectivity index (χ4v) is 2.33. The van der Waals surface area contributed by atoms with Gasteiger partial charge in [-0.05, 0) is 32.4 Å². The minimum atomic E-state index is -1.12. The summed E-state index contributed by atoms with van der Waals surface area (Å²) >= 11 is 0. The molecule has 0 aromatic heterocycles. The number of piperidine rings is 1. The van der Waals surface area contributed by atoms with Crippen LogP contribution in [0.3, 0.4) is 0 Å². The number of aliphatic hydroxyl groups excluding tert-OH is 1.